The molecule has 3 nitrogen and oxygen atoms in total. The average Bonchev–Trinajstić information content (AvgIpc) is 1.99. The van der Waals surface area contributed by atoms with E-state index in [1.165, 1.54) is 0 Å². The van der Waals surface area contributed by atoms with E-state index >= 15 is 0 Å². The summed E-state index contributed by atoms with van der Waals surface area (Å²) >= 11 is 5.07. The molecule has 0 amide bonds. The molecule has 10 heavy (non-hydrogen) atoms. The lowest BCUT2D eigenvalue weighted by atomic mass is 10.5. The molecule has 0 radical (unpaired) electrons. The third-order valence-corrected chi connectivity index (χ3v) is 1.05. The Morgan fingerprint density at radius 2 is 2.40 bits per heavy atom. The SMILES string of the molecule is COC(=O)OCC(F)CCl. The molecule has 0 aromatic rings. The first-order valence-electron chi connectivity index (χ1n) is 2.61. The van der Waals surface area contributed by atoms with Crippen LogP contribution in [-0.4, -0.2) is 31.9 Å². The molecule has 0 rings (SSSR count). The number of ether oxygens (including phenoxy) is 2. The predicted molar refractivity (Wildman–Crippen MR) is 34.0 cm³/mol. The lowest BCUT2D eigenvalue weighted by Crippen LogP contribution is -2.15. The van der Waals surface area contributed by atoms with Gasteiger partial charge in [-0.25, -0.2) is 9.18 Å². The van der Waals surface area contributed by atoms with Gasteiger partial charge in [0.1, 0.15) is 12.8 Å². The Hall–Kier alpha value is -0.510. The first-order valence-corrected chi connectivity index (χ1v) is 3.15. The van der Waals surface area contributed by atoms with Crippen LogP contribution in [0.1, 0.15) is 0 Å². The van der Waals surface area contributed by atoms with Crippen molar-refractivity contribution < 1.29 is 18.7 Å². The lowest BCUT2D eigenvalue weighted by molar-refractivity contribution is 0.0561. The normalized spacial score (nSPS) is 12.3. The maximum absolute atomic E-state index is 12.2. The molecule has 0 spiro atoms. The lowest BCUT2D eigenvalue weighted by Gasteiger charge is -2.03. The molecule has 0 bridgehead atoms. The van der Waals surface area contributed by atoms with Crippen molar-refractivity contribution in [3.05, 3.63) is 0 Å². The molecule has 0 fully saturated rings. The van der Waals surface area contributed by atoms with Crippen molar-refractivity contribution in [2.75, 3.05) is 19.6 Å². The number of hydrogen-bond acceptors (Lipinski definition) is 3. The smallest absolute Gasteiger partial charge is 0.438 e. The Morgan fingerprint density at radius 1 is 1.80 bits per heavy atom. The zero-order chi connectivity index (χ0) is 7.98. The highest BCUT2D eigenvalue weighted by atomic mass is 35.5. The molecule has 1 atom stereocenters. The monoisotopic (exact) mass is 170 g/mol. The molecule has 60 valence electrons. The van der Waals surface area contributed by atoms with Gasteiger partial charge in [-0.05, 0) is 0 Å². The molecule has 0 aliphatic heterocycles. The van der Waals surface area contributed by atoms with E-state index in [0.717, 1.165) is 7.11 Å². The van der Waals surface area contributed by atoms with Crippen LogP contribution >= 0.6 is 11.6 Å². The fraction of sp³-hybridized carbons (Fsp3) is 0.800. The topological polar surface area (TPSA) is 35.5 Å². The van der Waals surface area contributed by atoms with Crippen LogP contribution in [0.4, 0.5) is 9.18 Å². The fourth-order valence-electron chi connectivity index (χ4n) is 0.262. The Kier molecular flexibility index (Phi) is 5.02. The average molecular weight is 171 g/mol. The minimum absolute atomic E-state index is 0.184. The molecule has 0 heterocycles. The van der Waals surface area contributed by atoms with Crippen molar-refractivity contribution in [1.82, 2.24) is 0 Å². The van der Waals surface area contributed by atoms with Crippen LogP contribution in [0.25, 0.3) is 0 Å². The Bertz CT molecular complexity index is 109. The largest absolute Gasteiger partial charge is 0.508 e. The van der Waals surface area contributed by atoms with Crippen molar-refractivity contribution in [3.63, 3.8) is 0 Å². The number of rotatable bonds is 3. The summed E-state index contributed by atoms with van der Waals surface area (Å²) in [5, 5.41) is 0. The predicted octanol–water partition coefficient (Wildman–Crippen LogP) is 1.35. The van der Waals surface area contributed by atoms with Gasteiger partial charge in [0, 0.05) is 0 Å². The van der Waals surface area contributed by atoms with Crippen LogP contribution in [0.3, 0.4) is 0 Å². The number of alkyl halides is 2. The van der Waals surface area contributed by atoms with Crippen molar-refractivity contribution in [2.24, 2.45) is 0 Å². The van der Waals surface area contributed by atoms with E-state index in [4.69, 9.17) is 11.6 Å². The second-order valence-corrected chi connectivity index (χ2v) is 1.83. The van der Waals surface area contributed by atoms with E-state index in [-0.39, 0.29) is 12.5 Å². The first kappa shape index (κ1) is 9.49. The van der Waals surface area contributed by atoms with Gasteiger partial charge in [0.15, 0.2) is 0 Å². The zero-order valence-corrected chi connectivity index (χ0v) is 6.23. The highest BCUT2D eigenvalue weighted by Crippen LogP contribution is 1.95. The minimum Gasteiger partial charge on any atom is -0.438 e. The van der Waals surface area contributed by atoms with Crippen LogP contribution in [0, 0.1) is 0 Å². The third kappa shape index (κ3) is 4.38. The summed E-state index contributed by atoms with van der Waals surface area (Å²) in [5.41, 5.74) is 0. The number of halogens is 2. The summed E-state index contributed by atoms with van der Waals surface area (Å²) in [6, 6.07) is 0. The van der Waals surface area contributed by atoms with E-state index in [1.54, 1.807) is 0 Å². The van der Waals surface area contributed by atoms with Gasteiger partial charge in [-0.3, -0.25) is 0 Å². The highest BCUT2D eigenvalue weighted by molar-refractivity contribution is 6.18. The van der Waals surface area contributed by atoms with Crippen molar-refractivity contribution in [1.29, 1.82) is 0 Å². The quantitative estimate of drug-likeness (QED) is 0.474. The minimum atomic E-state index is -1.32. The van der Waals surface area contributed by atoms with Crippen LogP contribution in [0.5, 0.6) is 0 Å². The first-order chi connectivity index (χ1) is 4.70. The van der Waals surface area contributed by atoms with Crippen LogP contribution in [0.15, 0.2) is 0 Å². The van der Waals surface area contributed by atoms with Gasteiger partial charge in [-0.15, -0.1) is 11.6 Å². The fourth-order valence-corrected chi connectivity index (χ4v) is 0.351. The van der Waals surface area contributed by atoms with E-state index in [2.05, 4.69) is 9.47 Å². The van der Waals surface area contributed by atoms with Crippen molar-refractivity contribution >= 4 is 17.8 Å². The molecule has 0 saturated carbocycles. The van der Waals surface area contributed by atoms with Crippen LogP contribution in [-0.2, 0) is 9.47 Å². The Morgan fingerprint density at radius 3 is 2.80 bits per heavy atom. The van der Waals surface area contributed by atoms with Gasteiger partial charge in [0.05, 0.1) is 13.0 Å². The summed E-state index contributed by atoms with van der Waals surface area (Å²) in [4.78, 5) is 10.2. The maximum atomic E-state index is 12.2. The Balaban J connectivity index is 3.26. The van der Waals surface area contributed by atoms with Crippen molar-refractivity contribution in [2.45, 2.75) is 6.17 Å². The van der Waals surface area contributed by atoms with Gasteiger partial charge in [-0.1, -0.05) is 0 Å². The van der Waals surface area contributed by atoms with E-state index < -0.39 is 12.3 Å². The van der Waals surface area contributed by atoms with E-state index in [9.17, 15) is 9.18 Å². The highest BCUT2D eigenvalue weighted by Gasteiger charge is 2.07. The number of hydrogen-bond donors (Lipinski definition) is 0. The Labute approximate surface area is 63.1 Å². The van der Waals surface area contributed by atoms with E-state index in [1.807, 2.05) is 0 Å². The van der Waals surface area contributed by atoms with Crippen LogP contribution < -0.4 is 0 Å². The standard InChI is InChI=1S/C5H8ClFO3/c1-9-5(8)10-3-4(7)2-6/h4H,2-3H2,1H3. The van der Waals surface area contributed by atoms with E-state index in [0.29, 0.717) is 0 Å². The summed E-state index contributed by atoms with van der Waals surface area (Å²) in [7, 11) is 1.15. The van der Waals surface area contributed by atoms with Crippen molar-refractivity contribution in [3.8, 4) is 0 Å². The van der Waals surface area contributed by atoms with Crippen LogP contribution in [0.2, 0.25) is 0 Å². The van der Waals surface area contributed by atoms with Gasteiger partial charge >= 0.3 is 6.16 Å². The van der Waals surface area contributed by atoms with Gasteiger partial charge in [0.25, 0.3) is 0 Å². The molecule has 0 aliphatic carbocycles. The maximum Gasteiger partial charge on any atom is 0.508 e. The molecule has 0 saturated heterocycles. The second-order valence-electron chi connectivity index (χ2n) is 1.52. The zero-order valence-electron chi connectivity index (χ0n) is 5.47. The molecular weight excluding hydrogens is 163 g/mol. The molecule has 1 unspecified atom stereocenters. The summed E-state index contributed by atoms with van der Waals surface area (Å²) in [6.07, 6.45) is -2.21. The molecule has 0 aromatic carbocycles. The third-order valence-electron chi connectivity index (χ3n) is 0.716. The molecule has 5 heteroatoms. The number of carbonyl (C=O) groups excluding carboxylic acids is 1. The number of methoxy groups -OCH3 is 1. The summed E-state index contributed by atoms with van der Waals surface area (Å²) in [6.45, 7) is -0.351. The summed E-state index contributed by atoms with van der Waals surface area (Å²) < 4.78 is 20.5. The van der Waals surface area contributed by atoms with Gasteiger partial charge < -0.3 is 9.47 Å². The molecule has 0 N–H and O–H groups in total. The molecule has 0 aliphatic rings. The second kappa shape index (κ2) is 5.29. The summed E-state index contributed by atoms with van der Waals surface area (Å²) in [5.74, 6) is -0.184. The van der Waals surface area contributed by atoms with Gasteiger partial charge in [-0.2, -0.15) is 0 Å². The number of carbonyl (C=O) groups is 1. The molecule has 0 aromatic heterocycles. The van der Waals surface area contributed by atoms with Gasteiger partial charge in [0.2, 0.25) is 0 Å². The molecular formula is C5H8ClFO3.